The molecule has 0 amide bonds. The first-order chi connectivity index (χ1) is 5.16. The standard InChI is InChI=1S/C8H21N3/c1-8(7-9-2)10-5-6-11(3)4/h8-10H,5-7H2,1-4H3. The lowest BCUT2D eigenvalue weighted by atomic mass is 10.3. The largest absolute Gasteiger partial charge is 0.318 e. The van der Waals surface area contributed by atoms with Gasteiger partial charge in [0.05, 0.1) is 0 Å². The van der Waals surface area contributed by atoms with Crippen molar-refractivity contribution >= 4 is 0 Å². The summed E-state index contributed by atoms with van der Waals surface area (Å²) in [4.78, 5) is 2.18. The third kappa shape index (κ3) is 7.78. The lowest BCUT2D eigenvalue weighted by Crippen LogP contribution is -2.38. The number of nitrogens with zero attached hydrogens (tertiary/aromatic N) is 1. The van der Waals surface area contributed by atoms with Gasteiger partial charge in [-0.25, -0.2) is 0 Å². The van der Waals surface area contributed by atoms with E-state index < -0.39 is 0 Å². The van der Waals surface area contributed by atoms with E-state index >= 15 is 0 Å². The highest BCUT2D eigenvalue weighted by molar-refractivity contribution is 4.62. The Morgan fingerprint density at radius 3 is 2.45 bits per heavy atom. The van der Waals surface area contributed by atoms with Crippen LogP contribution in [0.25, 0.3) is 0 Å². The highest BCUT2D eigenvalue weighted by Gasteiger charge is 1.97. The van der Waals surface area contributed by atoms with Crippen LogP contribution in [0.2, 0.25) is 0 Å². The van der Waals surface area contributed by atoms with Crippen LogP contribution in [0.4, 0.5) is 0 Å². The summed E-state index contributed by atoms with van der Waals surface area (Å²) in [5.41, 5.74) is 0. The van der Waals surface area contributed by atoms with Crippen LogP contribution >= 0.6 is 0 Å². The van der Waals surface area contributed by atoms with Gasteiger partial charge in [0.2, 0.25) is 0 Å². The van der Waals surface area contributed by atoms with E-state index in [1.807, 2.05) is 7.05 Å². The van der Waals surface area contributed by atoms with Crippen LogP contribution in [-0.4, -0.2) is 51.7 Å². The summed E-state index contributed by atoms with van der Waals surface area (Å²) in [6.45, 7) is 5.39. The molecule has 0 aliphatic heterocycles. The summed E-state index contributed by atoms with van der Waals surface area (Å²) in [5, 5.41) is 6.54. The van der Waals surface area contributed by atoms with Gasteiger partial charge >= 0.3 is 0 Å². The van der Waals surface area contributed by atoms with Gasteiger partial charge < -0.3 is 15.5 Å². The summed E-state index contributed by atoms with van der Waals surface area (Å²) in [6, 6.07) is 0.569. The third-order valence-corrected chi connectivity index (χ3v) is 1.56. The molecule has 0 aromatic carbocycles. The number of hydrogen-bond donors (Lipinski definition) is 2. The number of nitrogens with one attached hydrogen (secondary N) is 2. The van der Waals surface area contributed by atoms with Crippen LogP contribution < -0.4 is 10.6 Å². The van der Waals surface area contributed by atoms with Gasteiger partial charge in [-0.1, -0.05) is 0 Å². The van der Waals surface area contributed by atoms with Crippen LogP contribution in [0.5, 0.6) is 0 Å². The fraction of sp³-hybridized carbons (Fsp3) is 1.00. The SMILES string of the molecule is CNCC(C)NCCN(C)C. The maximum Gasteiger partial charge on any atom is 0.0164 e. The second-order valence-electron chi connectivity index (χ2n) is 3.22. The molecule has 3 nitrogen and oxygen atoms in total. The highest BCUT2D eigenvalue weighted by Crippen LogP contribution is 1.77. The molecule has 1 atom stereocenters. The minimum Gasteiger partial charge on any atom is -0.318 e. The van der Waals surface area contributed by atoms with Gasteiger partial charge in [0.15, 0.2) is 0 Å². The van der Waals surface area contributed by atoms with E-state index in [4.69, 9.17) is 0 Å². The fourth-order valence-corrected chi connectivity index (χ4v) is 0.913. The molecule has 0 aromatic rings. The van der Waals surface area contributed by atoms with E-state index in [1.54, 1.807) is 0 Å². The molecule has 0 aliphatic rings. The lowest BCUT2D eigenvalue weighted by molar-refractivity contribution is 0.385. The van der Waals surface area contributed by atoms with Gasteiger partial charge in [0.25, 0.3) is 0 Å². The van der Waals surface area contributed by atoms with Gasteiger partial charge in [-0.3, -0.25) is 0 Å². The maximum atomic E-state index is 3.41. The van der Waals surface area contributed by atoms with E-state index in [2.05, 4.69) is 36.6 Å². The Balaban J connectivity index is 3.10. The molecule has 0 aromatic heterocycles. The summed E-state index contributed by atoms with van der Waals surface area (Å²) >= 11 is 0. The zero-order chi connectivity index (χ0) is 8.69. The van der Waals surface area contributed by atoms with E-state index in [-0.39, 0.29) is 0 Å². The lowest BCUT2D eigenvalue weighted by Gasteiger charge is -2.15. The Labute approximate surface area is 70.2 Å². The average molecular weight is 159 g/mol. The molecule has 0 fully saturated rings. The number of hydrogen-bond acceptors (Lipinski definition) is 3. The first-order valence-electron chi connectivity index (χ1n) is 4.19. The van der Waals surface area contributed by atoms with E-state index in [0.717, 1.165) is 19.6 Å². The summed E-state index contributed by atoms with van der Waals surface area (Å²) in [5.74, 6) is 0. The monoisotopic (exact) mass is 159 g/mol. The van der Waals surface area contributed by atoms with Crippen LogP contribution in [-0.2, 0) is 0 Å². The van der Waals surface area contributed by atoms with Crippen molar-refractivity contribution in [2.75, 3.05) is 40.8 Å². The van der Waals surface area contributed by atoms with Gasteiger partial charge in [-0.05, 0) is 28.1 Å². The van der Waals surface area contributed by atoms with Crippen molar-refractivity contribution in [3.05, 3.63) is 0 Å². The molecule has 0 saturated carbocycles. The van der Waals surface area contributed by atoms with Crippen molar-refractivity contribution in [3.63, 3.8) is 0 Å². The average Bonchev–Trinajstić information content (AvgIpc) is 1.87. The zero-order valence-corrected chi connectivity index (χ0v) is 8.15. The van der Waals surface area contributed by atoms with Crippen molar-refractivity contribution in [3.8, 4) is 0 Å². The zero-order valence-electron chi connectivity index (χ0n) is 8.15. The van der Waals surface area contributed by atoms with Crippen molar-refractivity contribution in [2.24, 2.45) is 0 Å². The van der Waals surface area contributed by atoms with Gasteiger partial charge in [0.1, 0.15) is 0 Å². The van der Waals surface area contributed by atoms with Gasteiger partial charge in [0, 0.05) is 25.7 Å². The molecule has 2 N–H and O–H groups in total. The van der Waals surface area contributed by atoms with E-state index in [9.17, 15) is 0 Å². The second-order valence-corrected chi connectivity index (χ2v) is 3.22. The molecule has 0 rings (SSSR count). The summed E-state index contributed by atoms with van der Waals surface area (Å²) < 4.78 is 0. The topological polar surface area (TPSA) is 27.3 Å². The Morgan fingerprint density at radius 1 is 1.36 bits per heavy atom. The molecule has 3 heteroatoms. The molecule has 0 radical (unpaired) electrons. The Hall–Kier alpha value is -0.120. The van der Waals surface area contributed by atoms with Crippen molar-refractivity contribution in [1.82, 2.24) is 15.5 Å². The minimum atomic E-state index is 0.569. The van der Waals surface area contributed by atoms with E-state index in [1.165, 1.54) is 0 Å². The van der Waals surface area contributed by atoms with Gasteiger partial charge in [-0.15, -0.1) is 0 Å². The molecular weight excluding hydrogens is 138 g/mol. The molecule has 0 saturated heterocycles. The quantitative estimate of drug-likeness (QED) is 0.559. The first-order valence-corrected chi connectivity index (χ1v) is 4.19. The van der Waals surface area contributed by atoms with Crippen LogP contribution in [0.3, 0.4) is 0 Å². The highest BCUT2D eigenvalue weighted by atomic mass is 15.1. The molecule has 0 bridgehead atoms. The molecule has 1 unspecified atom stereocenters. The molecule has 68 valence electrons. The van der Waals surface area contributed by atoms with Gasteiger partial charge in [-0.2, -0.15) is 0 Å². The maximum absolute atomic E-state index is 3.41. The van der Waals surface area contributed by atoms with Crippen LogP contribution in [0.15, 0.2) is 0 Å². The Morgan fingerprint density at radius 2 is 2.00 bits per heavy atom. The van der Waals surface area contributed by atoms with Crippen LogP contribution in [0.1, 0.15) is 6.92 Å². The molecule has 11 heavy (non-hydrogen) atoms. The summed E-state index contributed by atoms with van der Waals surface area (Å²) in [6.07, 6.45) is 0. The van der Waals surface area contributed by atoms with Crippen LogP contribution in [0, 0.1) is 0 Å². The fourth-order valence-electron chi connectivity index (χ4n) is 0.913. The van der Waals surface area contributed by atoms with Crippen molar-refractivity contribution in [2.45, 2.75) is 13.0 Å². The third-order valence-electron chi connectivity index (χ3n) is 1.56. The minimum absolute atomic E-state index is 0.569. The van der Waals surface area contributed by atoms with Crippen molar-refractivity contribution < 1.29 is 0 Å². The first kappa shape index (κ1) is 10.9. The number of rotatable bonds is 6. The Kier molecular flexibility index (Phi) is 6.51. The predicted molar refractivity (Wildman–Crippen MR) is 49.9 cm³/mol. The summed E-state index contributed by atoms with van der Waals surface area (Å²) in [7, 11) is 6.15. The van der Waals surface area contributed by atoms with Crippen molar-refractivity contribution in [1.29, 1.82) is 0 Å². The smallest absolute Gasteiger partial charge is 0.0164 e. The normalized spacial score (nSPS) is 13.9. The number of likely N-dealkylation sites (N-methyl/N-ethyl adjacent to an activating group) is 2. The van der Waals surface area contributed by atoms with E-state index in [0.29, 0.717) is 6.04 Å². The molecule has 0 spiro atoms. The molecule has 0 heterocycles. The molecule has 0 aliphatic carbocycles. The predicted octanol–water partition coefficient (Wildman–Crippen LogP) is -0.254. The second kappa shape index (κ2) is 6.58. The molecular formula is C8H21N3. The Bertz CT molecular complexity index is 83.4.